The number of halogens is 2. The summed E-state index contributed by atoms with van der Waals surface area (Å²) in [5.41, 5.74) is 1.31. The quantitative estimate of drug-likeness (QED) is 0.273. The lowest BCUT2D eigenvalue weighted by Crippen LogP contribution is -2.45. The number of ether oxygens (including phenoxy) is 1. The van der Waals surface area contributed by atoms with Crippen molar-refractivity contribution in [3.05, 3.63) is 34.3 Å². The minimum atomic E-state index is -0.0477. The molecule has 2 N–H and O–H groups in total. The van der Waals surface area contributed by atoms with Crippen molar-refractivity contribution in [1.82, 2.24) is 10.6 Å². The van der Waals surface area contributed by atoms with Gasteiger partial charge in [0.1, 0.15) is 0 Å². The Balaban J connectivity index is 0.00000264. The lowest BCUT2D eigenvalue weighted by molar-refractivity contribution is 0.0243. The molecule has 23 heavy (non-hydrogen) atoms. The molecule has 0 radical (unpaired) electrons. The lowest BCUT2D eigenvalue weighted by atomic mass is 10.0. The highest BCUT2D eigenvalue weighted by Gasteiger charge is 2.29. The standard InChI is InChI=1S/C17H26BrN3O.HI/c1-17(9-5-11-22-17)13-21-16(19-2)20-10-4-7-14-6-3-8-15(18)12-14;/h3,6,8,12H,4-5,7,9-11,13H2,1-2H3,(H2,19,20,21);1H. The van der Waals surface area contributed by atoms with Crippen LogP contribution in [0.25, 0.3) is 0 Å². The summed E-state index contributed by atoms with van der Waals surface area (Å²) in [6.07, 6.45) is 4.39. The Kier molecular flexibility index (Phi) is 9.46. The molecule has 2 rings (SSSR count). The van der Waals surface area contributed by atoms with E-state index in [2.05, 4.69) is 62.7 Å². The van der Waals surface area contributed by atoms with E-state index < -0.39 is 0 Å². The molecule has 1 saturated heterocycles. The van der Waals surface area contributed by atoms with E-state index in [1.165, 1.54) is 5.56 Å². The number of nitrogens with zero attached hydrogens (tertiary/aromatic N) is 1. The van der Waals surface area contributed by atoms with Gasteiger partial charge < -0.3 is 15.4 Å². The Morgan fingerprint density at radius 1 is 1.39 bits per heavy atom. The van der Waals surface area contributed by atoms with Gasteiger partial charge in [-0.2, -0.15) is 0 Å². The van der Waals surface area contributed by atoms with Crippen LogP contribution >= 0.6 is 39.9 Å². The summed E-state index contributed by atoms with van der Waals surface area (Å²) in [5, 5.41) is 6.73. The zero-order chi connectivity index (χ0) is 15.8. The molecular weight excluding hydrogens is 469 g/mol. The molecule has 0 bridgehead atoms. The van der Waals surface area contributed by atoms with Crippen molar-refractivity contribution in [2.24, 2.45) is 4.99 Å². The van der Waals surface area contributed by atoms with Gasteiger partial charge in [0.15, 0.2) is 5.96 Å². The average Bonchev–Trinajstić information content (AvgIpc) is 2.94. The van der Waals surface area contributed by atoms with Crippen molar-refractivity contribution >= 4 is 45.9 Å². The second-order valence-corrected chi connectivity index (χ2v) is 6.90. The van der Waals surface area contributed by atoms with E-state index in [0.717, 1.165) is 55.8 Å². The van der Waals surface area contributed by atoms with Crippen LogP contribution in [0.4, 0.5) is 0 Å². The van der Waals surface area contributed by atoms with E-state index >= 15 is 0 Å². The summed E-state index contributed by atoms with van der Waals surface area (Å²) in [7, 11) is 1.81. The number of guanidine groups is 1. The molecular formula is C17H27BrIN3O. The second kappa shape index (κ2) is 10.5. The van der Waals surface area contributed by atoms with Gasteiger partial charge >= 0.3 is 0 Å². The van der Waals surface area contributed by atoms with Crippen LogP contribution in [0.5, 0.6) is 0 Å². The summed E-state index contributed by atoms with van der Waals surface area (Å²) < 4.78 is 6.92. The Hall–Kier alpha value is -0.340. The van der Waals surface area contributed by atoms with Crippen LogP contribution < -0.4 is 10.6 Å². The molecule has 1 atom stereocenters. The topological polar surface area (TPSA) is 45.7 Å². The maximum Gasteiger partial charge on any atom is 0.191 e. The van der Waals surface area contributed by atoms with Crippen LogP contribution in [0.2, 0.25) is 0 Å². The van der Waals surface area contributed by atoms with Gasteiger partial charge in [-0.05, 0) is 50.3 Å². The SMILES string of the molecule is CN=C(NCCCc1cccc(Br)c1)NCC1(C)CCCO1.I. The summed E-state index contributed by atoms with van der Waals surface area (Å²) in [5.74, 6) is 0.853. The molecule has 0 saturated carbocycles. The van der Waals surface area contributed by atoms with Gasteiger partial charge in [0.2, 0.25) is 0 Å². The zero-order valence-electron chi connectivity index (χ0n) is 13.9. The second-order valence-electron chi connectivity index (χ2n) is 5.99. The van der Waals surface area contributed by atoms with Gasteiger partial charge in [-0.25, -0.2) is 0 Å². The van der Waals surface area contributed by atoms with Gasteiger partial charge in [-0.3, -0.25) is 4.99 Å². The number of aliphatic imine (C=N–C) groups is 1. The maximum atomic E-state index is 5.78. The van der Waals surface area contributed by atoms with Gasteiger partial charge in [0.25, 0.3) is 0 Å². The van der Waals surface area contributed by atoms with E-state index in [1.54, 1.807) is 0 Å². The van der Waals surface area contributed by atoms with Crippen LogP contribution in [-0.4, -0.2) is 38.3 Å². The molecule has 1 fully saturated rings. The van der Waals surface area contributed by atoms with Crippen molar-refractivity contribution < 1.29 is 4.74 Å². The maximum absolute atomic E-state index is 5.78. The fourth-order valence-electron chi connectivity index (χ4n) is 2.66. The largest absolute Gasteiger partial charge is 0.373 e. The first-order valence-corrected chi connectivity index (χ1v) is 8.73. The fourth-order valence-corrected chi connectivity index (χ4v) is 3.11. The Labute approximate surface area is 165 Å². The number of benzene rings is 1. The molecule has 0 aliphatic carbocycles. The Morgan fingerprint density at radius 3 is 2.87 bits per heavy atom. The summed E-state index contributed by atoms with van der Waals surface area (Å²) >= 11 is 3.51. The molecule has 4 nitrogen and oxygen atoms in total. The third-order valence-electron chi connectivity index (χ3n) is 3.98. The van der Waals surface area contributed by atoms with Gasteiger partial charge in [0, 0.05) is 31.2 Å². The fraction of sp³-hybridized carbons (Fsp3) is 0.588. The van der Waals surface area contributed by atoms with Crippen molar-refractivity contribution in [2.75, 3.05) is 26.7 Å². The van der Waals surface area contributed by atoms with E-state index in [9.17, 15) is 0 Å². The van der Waals surface area contributed by atoms with Crippen molar-refractivity contribution in [3.8, 4) is 0 Å². The van der Waals surface area contributed by atoms with Crippen LogP contribution in [0.1, 0.15) is 31.7 Å². The zero-order valence-corrected chi connectivity index (χ0v) is 17.8. The lowest BCUT2D eigenvalue weighted by Gasteiger charge is -2.24. The first-order valence-electron chi connectivity index (χ1n) is 7.94. The molecule has 1 aromatic rings. The molecule has 1 aliphatic rings. The Bertz CT molecular complexity index is 504. The predicted molar refractivity (Wildman–Crippen MR) is 111 cm³/mol. The molecule has 1 aliphatic heterocycles. The number of aryl methyl sites for hydroxylation is 1. The predicted octanol–water partition coefficient (Wildman–Crippen LogP) is 3.73. The average molecular weight is 496 g/mol. The van der Waals surface area contributed by atoms with Gasteiger partial charge in [-0.1, -0.05) is 28.1 Å². The third kappa shape index (κ3) is 7.39. The molecule has 0 spiro atoms. The summed E-state index contributed by atoms with van der Waals surface area (Å²) in [4.78, 5) is 4.27. The van der Waals surface area contributed by atoms with Crippen molar-refractivity contribution in [3.63, 3.8) is 0 Å². The smallest absolute Gasteiger partial charge is 0.191 e. The van der Waals surface area contributed by atoms with Crippen LogP contribution in [-0.2, 0) is 11.2 Å². The Morgan fingerprint density at radius 2 is 2.22 bits per heavy atom. The molecule has 6 heteroatoms. The summed E-state index contributed by atoms with van der Waals surface area (Å²) in [6, 6.07) is 8.47. The highest BCUT2D eigenvalue weighted by atomic mass is 127. The first kappa shape index (κ1) is 20.7. The summed E-state index contributed by atoms with van der Waals surface area (Å²) in [6.45, 7) is 4.74. The number of rotatable bonds is 6. The number of nitrogens with one attached hydrogen (secondary N) is 2. The molecule has 0 amide bonds. The molecule has 1 unspecified atom stereocenters. The minimum Gasteiger partial charge on any atom is -0.373 e. The number of hydrogen-bond donors (Lipinski definition) is 2. The van der Waals surface area contributed by atoms with E-state index in [0.29, 0.717) is 0 Å². The van der Waals surface area contributed by atoms with Crippen LogP contribution in [0.3, 0.4) is 0 Å². The molecule has 130 valence electrons. The number of hydrogen-bond acceptors (Lipinski definition) is 2. The van der Waals surface area contributed by atoms with Crippen LogP contribution in [0, 0.1) is 0 Å². The van der Waals surface area contributed by atoms with E-state index in [4.69, 9.17) is 4.74 Å². The normalized spacial score (nSPS) is 20.9. The van der Waals surface area contributed by atoms with Crippen molar-refractivity contribution in [2.45, 2.75) is 38.2 Å². The highest BCUT2D eigenvalue weighted by Crippen LogP contribution is 2.23. The van der Waals surface area contributed by atoms with Gasteiger partial charge in [0.05, 0.1) is 5.60 Å². The first-order chi connectivity index (χ1) is 10.6. The van der Waals surface area contributed by atoms with E-state index in [-0.39, 0.29) is 29.6 Å². The van der Waals surface area contributed by atoms with Crippen LogP contribution in [0.15, 0.2) is 33.7 Å². The highest BCUT2D eigenvalue weighted by molar-refractivity contribution is 14.0. The molecule has 0 aromatic heterocycles. The monoisotopic (exact) mass is 495 g/mol. The minimum absolute atomic E-state index is 0. The van der Waals surface area contributed by atoms with Crippen molar-refractivity contribution in [1.29, 1.82) is 0 Å². The van der Waals surface area contributed by atoms with Gasteiger partial charge in [-0.15, -0.1) is 24.0 Å². The third-order valence-corrected chi connectivity index (χ3v) is 4.47. The molecule has 1 aromatic carbocycles. The van der Waals surface area contributed by atoms with E-state index in [1.807, 2.05) is 7.05 Å². The molecule has 1 heterocycles.